The Morgan fingerprint density at radius 1 is 1.35 bits per heavy atom. The predicted octanol–water partition coefficient (Wildman–Crippen LogP) is 2.36. The second kappa shape index (κ2) is 5.54. The summed E-state index contributed by atoms with van der Waals surface area (Å²) < 4.78 is 10.7. The lowest BCUT2D eigenvalue weighted by atomic mass is 10.3. The van der Waals surface area contributed by atoms with Gasteiger partial charge in [-0.05, 0) is 12.1 Å². The number of nitrogens with two attached hydrogens (primary N) is 1. The average molecular weight is 250 g/mol. The Labute approximate surface area is 104 Å². The van der Waals surface area contributed by atoms with Crippen molar-refractivity contribution in [2.75, 3.05) is 19.5 Å². The Kier molecular flexibility index (Phi) is 3.82. The molecule has 0 radical (unpaired) electrons. The molecular weight excluding hydrogens is 236 g/mol. The minimum absolute atomic E-state index is 0.580. The van der Waals surface area contributed by atoms with Gasteiger partial charge in [0.15, 0.2) is 5.13 Å². The van der Waals surface area contributed by atoms with Gasteiger partial charge in [-0.1, -0.05) is 6.07 Å². The molecule has 17 heavy (non-hydrogen) atoms. The van der Waals surface area contributed by atoms with Gasteiger partial charge >= 0.3 is 0 Å². The van der Waals surface area contributed by atoms with Gasteiger partial charge in [-0.25, -0.2) is 4.98 Å². The third kappa shape index (κ3) is 3.35. The normalized spacial score (nSPS) is 10.2. The number of ether oxygens (including phenoxy) is 2. The molecule has 0 saturated heterocycles. The van der Waals surface area contributed by atoms with Crippen molar-refractivity contribution >= 4 is 16.5 Å². The van der Waals surface area contributed by atoms with Crippen LogP contribution >= 0.6 is 11.3 Å². The quantitative estimate of drug-likeness (QED) is 0.885. The predicted molar refractivity (Wildman–Crippen MR) is 68.7 cm³/mol. The van der Waals surface area contributed by atoms with E-state index in [1.54, 1.807) is 7.11 Å². The molecule has 2 aromatic rings. The average Bonchev–Trinajstić information content (AvgIpc) is 2.75. The lowest BCUT2D eigenvalue weighted by molar-refractivity contribution is 0.318. The molecule has 0 spiro atoms. The number of aromatic nitrogens is 1. The summed E-state index contributed by atoms with van der Waals surface area (Å²) in [5.74, 6) is 1.59. The number of nitrogen functional groups attached to an aromatic ring is 1. The summed E-state index contributed by atoms with van der Waals surface area (Å²) >= 11 is 1.45. The fraction of sp³-hybridized carbons (Fsp3) is 0.250. The minimum Gasteiger partial charge on any atom is -0.497 e. The smallest absolute Gasteiger partial charge is 0.180 e. The number of benzene rings is 1. The maximum absolute atomic E-state index is 5.61. The molecule has 0 aliphatic rings. The van der Waals surface area contributed by atoms with E-state index in [2.05, 4.69) is 4.98 Å². The van der Waals surface area contributed by atoms with E-state index < -0.39 is 0 Å². The van der Waals surface area contributed by atoms with Crippen molar-refractivity contribution in [3.05, 3.63) is 35.3 Å². The summed E-state index contributed by atoms with van der Waals surface area (Å²) in [5.41, 5.74) is 6.52. The number of thiazole rings is 1. The van der Waals surface area contributed by atoms with Crippen LogP contribution in [0.1, 0.15) is 5.69 Å². The topological polar surface area (TPSA) is 57.4 Å². The molecule has 2 N–H and O–H groups in total. The number of anilines is 1. The van der Waals surface area contributed by atoms with E-state index >= 15 is 0 Å². The number of methoxy groups -OCH3 is 1. The molecule has 1 heterocycles. The first-order valence-electron chi connectivity index (χ1n) is 5.24. The Morgan fingerprint density at radius 3 is 2.88 bits per heavy atom. The van der Waals surface area contributed by atoms with Crippen LogP contribution in [-0.4, -0.2) is 18.7 Å². The maximum atomic E-state index is 5.61. The molecule has 1 aromatic carbocycles. The van der Waals surface area contributed by atoms with E-state index in [-0.39, 0.29) is 0 Å². The van der Waals surface area contributed by atoms with Crippen LogP contribution in [0.3, 0.4) is 0 Å². The van der Waals surface area contributed by atoms with Crippen molar-refractivity contribution < 1.29 is 9.47 Å². The van der Waals surface area contributed by atoms with Crippen LogP contribution in [-0.2, 0) is 6.42 Å². The third-order valence-corrected chi connectivity index (χ3v) is 2.96. The first-order chi connectivity index (χ1) is 8.28. The summed E-state index contributed by atoms with van der Waals surface area (Å²) in [7, 11) is 1.64. The van der Waals surface area contributed by atoms with Crippen LogP contribution < -0.4 is 15.2 Å². The number of rotatable bonds is 5. The summed E-state index contributed by atoms with van der Waals surface area (Å²) in [6.45, 7) is 0.580. The van der Waals surface area contributed by atoms with Gasteiger partial charge in [0.25, 0.3) is 0 Å². The summed E-state index contributed by atoms with van der Waals surface area (Å²) in [5, 5.41) is 2.55. The highest BCUT2D eigenvalue weighted by Crippen LogP contribution is 2.19. The molecular formula is C12H14N2O2S. The maximum Gasteiger partial charge on any atom is 0.180 e. The molecule has 0 bridgehead atoms. The molecule has 4 nitrogen and oxygen atoms in total. The third-order valence-electron chi connectivity index (χ3n) is 2.24. The molecule has 0 atom stereocenters. The molecule has 2 rings (SSSR count). The SMILES string of the molecule is COc1cccc(OCCc2csc(N)n2)c1. The van der Waals surface area contributed by atoms with E-state index in [0.717, 1.165) is 23.6 Å². The molecule has 0 amide bonds. The van der Waals surface area contributed by atoms with E-state index in [9.17, 15) is 0 Å². The van der Waals surface area contributed by atoms with Gasteiger partial charge in [-0.3, -0.25) is 0 Å². The first kappa shape index (κ1) is 11.7. The zero-order valence-corrected chi connectivity index (χ0v) is 10.4. The summed E-state index contributed by atoms with van der Waals surface area (Å²) in [6, 6.07) is 7.54. The fourth-order valence-corrected chi connectivity index (χ4v) is 2.00. The second-order valence-electron chi connectivity index (χ2n) is 3.45. The van der Waals surface area contributed by atoms with Crippen molar-refractivity contribution in [3.63, 3.8) is 0 Å². The molecule has 1 aromatic heterocycles. The minimum atomic E-state index is 0.580. The van der Waals surface area contributed by atoms with Gasteiger partial charge in [0.05, 0.1) is 19.4 Å². The van der Waals surface area contributed by atoms with E-state index in [1.165, 1.54) is 11.3 Å². The fourth-order valence-electron chi connectivity index (χ4n) is 1.40. The molecule has 90 valence electrons. The Bertz CT molecular complexity index is 485. The van der Waals surface area contributed by atoms with Gasteiger partial charge in [0.1, 0.15) is 11.5 Å². The zero-order valence-electron chi connectivity index (χ0n) is 9.55. The molecule has 0 aliphatic carbocycles. The van der Waals surface area contributed by atoms with E-state index in [0.29, 0.717) is 11.7 Å². The summed E-state index contributed by atoms with van der Waals surface area (Å²) in [4.78, 5) is 4.17. The van der Waals surface area contributed by atoms with Crippen molar-refractivity contribution in [1.29, 1.82) is 0 Å². The van der Waals surface area contributed by atoms with Crippen LogP contribution in [0.15, 0.2) is 29.6 Å². The van der Waals surface area contributed by atoms with Crippen molar-refractivity contribution in [1.82, 2.24) is 4.98 Å². The molecule has 0 aliphatic heterocycles. The summed E-state index contributed by atoms with van der Waals surface area (Å²) in [6.07, 6.45) is 0.755. The van der Waals surface area contributed by atoms with Gasteiger partial charge in [0.2, 0.25) is 0 Å². The standard InChI is InChI=1S/C12H14N2O2S/c1-15-10-3-2-4-11(7-10)16-6-5-9-8-17-12(13)14-9/h2-4,7-8H,5-6H2,1H3,(H2,13,14). The van der Waals surface area contributed by atoms with Crippen LogP contribution in [0.4, 0.5) is 5.13 Å². The van der Waals surface area contributed by atoms with Gasteiger partial charge < -0.3 is 15.2 Å². The van der Waals surface area contributed by atoms with Crippen molar-refractivity contribution in [2.45, 2.75) is 6.42 Å². The van der Waals surface area contributed by atoms with Gasteiger partial charge in [-0.15, -0.1) is 11.3 Å². The van der Waals surface area contributed by atoms with Gasteiger partial charge in [0, 0.05) is 17.9 Å². The Hall–Kier alpha value is -1.75. The van der Waals surface area contributed by atoms with Crippen molar-refractivity contribution in [2.24, 2.45) is 0 Å². The second-order valence-corrected chi connectivity index (χ2v) is 4.34. The lowest BCUT2D eigenvalue weighted by Gasteiger charge is -2.06. The Morgan fingerprint density at radius 2 is 2.18 bits per heavy atom. The first-order valence-corrected chi connectivity index (χ1v) is 6.12. The number of hydrogen-bond acceptors (Lipinski definition) is 5. The number of nitrogens with zero attached hydrogens (tertiary/aromatic N) is 1. The lowest BCUT2D eigenvalue weighted by Crippen LogP contribution is -2.01. The highest BCUT2D eigenvalue weighted by Gasteiger charge is 2.00. The molecule has 0 saturated carbocycles. The van der Waals surface area contributed by atoms with Gasteiger partial charge in [-0.2, -0.15) is 0 Å². The largest absolute Gasteiger partial charge is 0.497 e. The van der Waals surface area contributed by atoms with Crippen LogP contribution in [0.5, 0.6) is 11.5 Å². The molecule has 0 unspecified atom stereocenters. The van der Waals surface area contributed by atoms with Crippen LogP contribution in [0.25, 0.3) is 0 Å². The zero-order chi connectivity index (χ0) is 12.1. The highest BCUT2D eigenvalue weighted by atomic mass is 32.1. The molecule has 0 fully saturated rings. The van der Waals surface area contributed by atoms with Crippen LogP contribution in [0.2, 0.25) is 0 Å². The number of hydrogen-bond donors (Lipinski definition) is 1. The highest BCUT2D eigenvalue weighted by molar-refractivity contribution is 7.13. The van der Waals surface area contributed by atoms with Crippen molar-refractivity contribution in [3.8, 4) is 11.5 Å². The van der Waals surface area contributed by atoms with E-state index in [1.807, 2.05) is 29.6 Å². The Balaban J connectivity index is 1.85. The van der Waals surface area contributed by atoms with E-state index in [4.69, 9.17) is 15.2 Å². The molecule has 5 heteroatoms. The van der Waals surface area contributed by atoms with Crippen LogP contribution in [0, 0.1) is 0 Å². The monoisotopic (exact) mass is 250 g/mol.